The van der Waals surface area contributed by atoms with Crippen molar-refractivity contribution in [3.05, 3.63) is 162 Å². The van der Waals surface area contributed by atoms with Crippen LogP contribution in [0.3, 0.4) is 0 Å². The Hall–Kier alpha value is -6.37. The fourth-order valence-corrected chi connectivity index (χ4v) is 9.39. The van der Waals surface area contributed by atoms with Crippen molar-refractivity contribution in [2.24, 2.45) is 0 Å². The minimum atomic E-state index is -3.87. The molecule has 274 valence electrons. The summed E-state index contributed by atoms with van der Waals surface area (Å²) >= 11 is 0. The molecule has 4 aromatic carbocycles. The largest absolute Gasteiger partial charge is 0.363 e. The van der Waals surface area contributed by atoms with E-state index >= 15 is 4.57 Å². The number of aromatic amines is 2. The Morgan fingerprint density at radius 3 is 1.21 bits per heavy atom. The van der Waals surface area contributed by atoms with Crippen molar-refractivity contribution in [2.45, 2.75) is 13.8 Å². The molecular formula is C48H39N4O3P. The SMILES string of the molecule is CCOP(=O)(OCC)c1cc2[nH]c1c(-c1ccccc1)c1nc(c(-c3ccccc3)c3ccc([nH]3)c(-c3ccccc3)c3nc(c2-c2ccccc2)C=C3)C=C1. The summed E-state index contributed by atoms with van der Waals surface area (Å²) in [6.07, 6.45) is 8.22. The van der Waals surface area contributed by atoms with Gasteiger partial charge in [-0.25, -0.2) is 9.97 Å². The Morgan fingerprint density at radius 2 is 0.821 bits per heavy atom. The molecule has 2 aliphatic rings. The van der Waals surface area contributed by atoms with Crippen LogP contribution >= 0.6 is 7.60 Å². The van der Waals surface area contributed by atoms with Gasteiger partial charge in [0, 0.05) is 38.8 Å². The first-order valence-corrected chi connectivity index (χ1v) is 20.4. The van der Waals surface area contributed by atoms with Crippen molar-refractivity contribution in [2.75, 3.05) is 13.2 Å². The van der Waals surface area contributed by atoms with Gasteiger partial charge in [0.25, 0.3) is 0 Å². The monoisotopic (exact) mass is 750 g/mol. The highest BCUT2D eigenvalue weighted by atomic mass is 31.2. The third-order valence-corrected chi connectivity index (χ3v) is 12.1. The van der Waals surface area contributed by atoms with Gasteiger partial charge >= 0.3 is 7.60 Å². The molecule has 0 unspecified atom stereocenters. The van der Waals surface area contributed by atoms with E-state index in [2.05, 4.69) is 76.7 Å². The van der Waals surface area contributed by atoms with Crippen LogP contribution in [0.5, 0.6) is 0 Å². The van der Waals surface area contributed by atoms with Crippen molar-refractivity contribution in [1.82, 2.24) is 19.9 Å². The Labute approximate surface area is 325 Å². The van der Waals surface area contributed by atoms with E-state index in [1.165, 1.54) is 0 Å². The van der Waals surface area contributed by atoms with Gasteiger partial charge in [-0.05, 0) is 78.6 Å². The molecule has 0 saturated heterocycles. The molecule has 3 aromatic heterocycles. The van der Waals surface area contributed by atoms with Gasteiger partial charge in [0.1, 0.15) is 0 Å². The van der Waals surface area contributed by atoms with Crippen LogP contribution in [0.1, 0.15) is 36.6 Å². The van der Waals surface area contributed by atoms with Crippen LogP contribution in [0.15, 0.2) is 140 Å². The quantitative estimate of drug-likeness (QED) is 0.143. The lowest BCUT2D eigenvalue weighted by Gasteiger charge is -2.17. The van der Waals surface area contributed by atoms with E-state index in [0.29, 0.717) is 16.5 Å². The smallest absolute Gasteiger partial charge is 0.354 e. The molecule has 5 heterocycles. The third-order valence-electron chi connectivity index (χ3n) is 9.99. The fraction of sp³-hybridized carbons (Fsp3) is 0.0833. The highest BCUT2D eigenvalue weighted by Crippen LogP contribution is 2.50. The first-order chi connectivity index (χ1) is 27.5. The van der Waals surface area contributed by atoms with Crippen molar-refractivity contribution in [3.8, 4) is 44.5 Å². The first-order valence-electron chi connectivity index (χ1n) is 18.9. The molecule has 0 spiro atoms. The van der Waals surface area contributed by atoms with Crippen LogP contribution in [0.25, 0.3) is 90.9 Å². The lowest BCUT2D eigenvalue weighted by Crippen LogP contribution is -2.10. The van der Waals surface area contributed by atoms with E-state index in [4.69, 9.17) is 19.0 Å². The number of fused-ring (bicyclic) bond motifs is 8. The maximum atomic E-state index is 15.0. The first kappa shape index (κ1) is 35.3. The van der Waals surface area contributed by atoms with E-state index in [9.17, 15) is 0 Å². The summed E-state index contributed by atoms with van der Waals surface area (Å²) in [7, 11) is -3.87. The normalized spacial score (nSPS) is 12.3. The number of rotatable bonds is 9. The van der Waals surface area contributed by atoms with Gasteiger partial charge in [-0.3, -0.25) is 4.57 Å². The fourth-order valence-electron chi connectivity index (χ4n) is 7.63. The van der Waals surface area contributed by atoms with Crippen molar-refractivity contribution in [1.29, 1.82) is 0 Å². The zero-order valence-electron chi connectivity index (χ0n) is 31.1. The summed E-state index contributed by atoms with van der Waals surface area (Å²) in [6, 6.07) is 47.1. The molecule has 0 saturated carbocycles. The number of hydrogen-bond acceptors (Lipinski definition) is 5. The van der Waals surface area contributed by atoms with E-state index < -0.39 is 7.60 Å². The summed E-state index contributed by atoms with van der Waals surface area (Å²) in [5.41, 5.74) is 13.7. The number of H-pyrrole nitrogens is 2. The molecular weight excluding hydrogens is 712 g/mol. The van der Waals surface area contributed by atoms with Gasteiger partial charge in [-0.15, -0.1) is 0 Å². The number of nitrogens with one attached hydrogen (secondary N) is 2. The van der Waals surface area contributed by atoms with Crippen LogP contribution < -0.4 is 5.30 Å². The van der Waals surface area contributed by atoms with Crippen molar-refractivity contribution in [3.63, 3.8) is 0 Å². The molecule has 9 rings (SSSR count). The molecule has 2 aliphatic heterocycles. The molecule has 7 aromatic rings. The number of aromatic nitrogens is 4. The minimum absolute atomic E-state index is 0.200. The Bertz CT molecular complexity index is 2840. The average Bonchev–Trinajstić information content (AvgIpc) is 4.07. The highest BCUT2D eigenvalue weighted by molar-refractivity contribution is 7.62. The topological polar surface area (TPSA) is 92.9 Å². The van der Waals surface area contributed by atoms with Gasteiger partial charge in [-0.2, -0.15) is 0 Å². The maximum Gasteiger partial charge on any atom is 0.363 e. The van der Waals surface area contributed by atoms with Crippen LogP contribution in [-0.2, 0) is 13.6 Å². The Balaban J connectivity index is 1.54. The number of hydrogen-bond donors (Lipinski definition) is 2. The zero-order valence-corrected chi connectivity index (χ0v) is 32.0. The number of nitrogens with zero attached hydrogens (tertiary/aromatic N) is 2. The summed E-state index contributed by atoms with van der Waals surface area (Å²) in [5.74, 6) is 0. The molecule has 0 radical (unpaired) electrons. The molecule has 0 atom stereocenters. The molecule has 0 aliphatic carbocycles. The summed E-state index contributed by atoms with van der Waals surface area (Å²) in [4.78, 5) is 18.3. The van der Waals surface area contributed by atoms with E-state index in [1.807, 2.05) is 111 Å². The molecule has 56 heavy (non-hydrogen) atoms. The summed E-state index contributed by atoms with van der Waals surface area (Å²) in [5, 5.41) is 0.432. The standard InChI is InChI=1S/C48H39N4O3P/c1-3-54-56(53,55-4-2)43-31-42-46(34-21-13-7-14-22-34)40-28-27-38(50-40)44(32-17-9-5-10-18-32)36-25-26-37(49-36)45(33-19-11-6-12-20-33)39-29-30-41(51-39)47(48(43)52-42)35-23-15-8-16-24-35/h5-31,49,52H,3-4H2,1-2H3. The summed E-state index contributed by atoms with van der Waals surface area (Å²) < 4.78 is 27.2. The second-order valence-corrected chi connectivity index (χ2v) is 15.5. The predicted molar refractivity (Wildman–Crippen MR) is 231 cm³/mol. The maximum absolute atomic E-state index is 15.0. The Morgan fingerprint density at radius 1 is 0.464 bits per heavy atom. The average molecular weight is 751 g/mol. The second kappa shape index (κ2) is 15.0. The van der Waals surface area contributed by atoms with Crippen LogP contribution in [0, 0.1) is 0 Å². The van der Waals surface area contributed by atoms with Gasteiger partial charge in [0.2, 0.25) is 0 Å². The van der Waals surface area contributed by atoms with Crippen LogP contribution in [-0.4, -0.2) is 33.1 Å². The zero-order chi connectivity index (χ0) is 38.1. The predicted octanol–water partition coefficient (Wildman–Crippen LogP) is 12.2. The van der Waals surface area contributed by atoms with Gasteiger partial charge in [0.15, 0.2) is 0 Å². The van der Waals surface area contributed by atoms with Crippen molar-refractivity contribution < 1.29 is 13.6 Å². The van der Waals surface area contributed by atoms with Gasteiger partial charge in [0.05, 0.1) is 46.8 Å². The molecule has 7 nitrogen and oxygen atoms in total. The summed E-state index contributed by atoms with van der Waals surface area (Å²) in [6.45, 7) is 4.06. The lowest BCUT2D eigenvalue weighted by molar-refractivity contribution is 0.230. The van der Waals surface area contributed by atoms with Gasteiger partial charge in [-0.1, -0.05) is 121 Å². The second-order valence-electron chi connectivity index (χ2n) is 13.5. The molecule has 2 N–H and O–H groups in total. The molecule has 8 bridgehead atoms. The van der Waals surface area contributed by atoms with E-state index in [1.54, 1.807) is 0 Å². The minimum Gasteiger partial charge on any atom is -0.354 e. The van der Waals surface area contributed by atoms with Crippen LogP contribution in [0.4, 0.5) is 0 Å². The van der Waals surface area contributed by atoms with Crippen LogP contribution in [0.2, 0.25) is 0 Å². The molecule has 0 amide bonds. The molecule has 8 heteroatoms. The van der Waals surface area contributed by atoms with Gasteiger partial charge < -0.3 is 19.0 Å². The highest BCUT2D eigenvalue weighted by Gasteiger charge is 2.32. The van der Waals surface area contributed by atoms with E-state index in [0.717, 1.165) is 78.1 Å². The lowest BCUT2D eigenvalue weighted by atomic mass is 10.0. The third kappa shape index (κ3) is 6.46. The number of benzene rings is 4. The Kier molecular flexibility index (Phi) is 9.49. The van der Waals surface area contributed by atoms with Crippen molar-refractivity contribution >= 4 is 59.3 Å². The molecule has 0 fully saturated rings. The van der Waals surface area contributed by atoms with E-state index in [-0.39, 0.29) is 13.2 Å².